The van der Waals surface area contributed by atoms with Gasteiger partial charge >= 0.3 is 6.03 Å². The maximum atomic E-state index is 13.3. The van der Waals surface area contributed by atoms with Crippen molar-refractivity contribution in [3.63, 3.8) is 0 Å². The van der Waals surface area contributed by atoms with Crippen LogP contribution in [0.4, 0.5) is 10.5 Å². The van der Waals surface area contributed by atoms with Gasteiger partial charge in [0, 0.05) is 21.5 Å². The van der Waals surface area contributed by atoms with E-state index in [1.165, 1.54) is 0 Å². The Hall–Kier alpha value is -3.45. The minimum absolute atomic E-state index is 0.0867. The van der Waals surface area contributed by atoms with Gasteiger partial charge in [0.2, 0.25) is 0 Å². The van der Waals surface area contributed by atoms with E-state index in [-0.39, 0.29) is 5.57 Å². The molecule has 0 atom stereocenters. The molecule has 4 rings (SSSR count). The van der Waals surface area contributed by atoms with Crippen LogP contribution in [0.3, 0.4) is 0 Å². The van der Waals surface area contributed by atoms with Crippen molar-refractivity contribution in [2.24, 2.45) is 0 Å². The van der Waals surface area contributed by atoms with Crippen molar-refractivity contribution in [1.82, 2.24) is 9.88 Å². The predicted molar refractivity (Wildman–Crippen MR) is 128 cm³/mol. The van der Waals surface area contributed by atoms with Crippen molar-refractivity contribution in [3.05, 3.63) is 86.7 Å². The third kappa shape index (κ3) is 3.80. The molecule has 2 heterocycles. The maximum Gasteiger partial charge on any atom is 0.335 e. The van der Waals surface area contributed by atoms with E-state index in [4.69, 9.17) is 0 Å². The first kappa shape index (κ1) is 21.8. The summed E-state index contributed by atoms with van der Waals surface area (Å²) in [5.41, 5.74) is 5.82. The van der Waals surface area contributed by atoms with Crippen LogP contribution in [0.5, 0.6) is 0 Å². The summed E-state index contributed by atoms with van der Waals surface area (Å²) in [5.74, 6) is -1.35. The Morgan fingerprint density at radius 2 is 1.69 bits per heavy atom. The van der Waals surface area contributed by atoms with Gasteiger partial charge in [-0.1, -0.05) is 28.1 Å². The molecule has 0 spiro atoms. The number of benzene rings is 2. The number of nitrogens with one attached hydrogen (secondary N) is 1. The van der Waals surface area contributed by atoms with Gasteiger partial charge in [0.1, 0.15) is 5.57 Å². The Kier molecular flexibility index (Phi) is 5.60. The number of urea groups is 1. The van der Waals surface area contributed by atoms with Crippen LogP contribution in [-0.2, 0) is 9.59 Å². The average Bonchev–Trinajstić information content (AvgIpc) is 2.99. The number of rotatable bonds is 3. The van der Waals surface area contributed by atoms with E-state index in [1.807, 2.05) is 51.1 Å². The molecule has 1 N–H and O–H groups in total. The van der Waals surface area contributed by atoms with E-state index in [0.717, 1.165) is 43.1 Å². The second-order valence-corrected chi connectivity index (χ2v) is 8.81. The van der Waals surface area contributed by atoms with Gasteiger partial charge in [-0.25, -0.2) is 9.69 Å². The van der Waals surface area contributed by atoms with Crippen LogP contribution in [0.25, 0.3) is 11.8 Å². The zero-order chi connectivity index (χ0) is 23.2. The first-order valence-electron chi connectivity index (χ1n) is 10.1. The zero-order valence-electron chi connectivity index (χ0n) is 18.2. The van der Waals surface area contributed by atoms with E-state index in [1.54, 1.807) is 25.1 Å². The number of hydrogen-bond acceptors (Lipinski definition) is 3. The van der Waals surface area contributed by atoms with Crippen LogP contribution in [0.15, 0.2) is 58.6 Å². The van der Waals surface area contributed by atoms with E-state index in [9.17, 15) is 14.4 Å². The topological polar surface area (TPSA) is 71.4 Å². The molecule has 1 saturated heterocycles. The highest BCUT2D eigenvalue weighted by Gasteiger charge is 2.37. The van der Waals surface area contributed by atoms with Crippen LogP contribution in [-0.4, -0.2) is 22.4 Å². The lowest BCUT2D eigenvalue weighted by Crippen LogP contribution is -2.54. The largest absolute Gasteiger partial charge is 0.335 e. The van der Waals surface area contributed by atoms with Gasteiger partial charge in [0.25, 0.3) is 11.8 Å². The number of hydrogen-bond donors (Lipinski definition) is 1. The smallest absolute Gasteiger partial charge is 0.318 e. The van der Waals surface area contributed by atoms with E-state index in [2.05, 4.69) is 31.9 Å². The maximum absolute atomic E-state index is 13.3. The molecule has 7 heteroatoms. The summed E-state index contributed by atoms with van der Waals surface area (Å²) in [6.45, 7) is 7.74. The number of halogens is 1. The number of anilines is 1. The number of aryl methyl sites for hydroxylation is 3. The van der Waals surface area contributed by atoms with Crippen LogP contribution in [0.2, 0.25) is 0 Å². The van der Waals surface area contributed by atoms with Crippen LogP contribution >= 0.6 is 15.9 Å². The van der Waals surface area contributed by atoms with Crippen molar-refractivity contribution < 1.29 is 14.4 Å². The fraction of sp³-hybridized carbons (Fsp3) is 0.160. The molecular weight excluding hydrogens is 470 g/mol. The van der Waals surface area contributed by atoms with Crippen LogP contribution < -0.4 is 10.2 Å². The van der Waals surface area contributed by atoms with Crippen molar-refractivity contribution in [1.29, 1.82) is 0 Å². The van der Waals surface area contributed by atoms with E-state index in [0.29, 0.717) is 5.69 Å². The number of nitrogens with zero attached hydrogens (tertiary/aromatic N) is 2. The molecule has 0 aliphatic carbocycles. The van der Waals surface area contributed by atoms with Gasteiger partial charge in [0.15, 0.2) is 0 Å². The molecule has 2 aromatic carbocycles. The molecule has 32 heavy (non-hydrogen) atoms. The first-order valence-corrected chi connectivity index (χ1v) is 10.9. The molecule has 0 radical (unpaired) electrons. The second kappa shape index (κ2) is 8.24. The number of carbonyl (C=O) groups is 3. The fourth-order valence-electron chi connectivity index (χ4n) is 4.00. The summed E-state index contributed by atoms with van der Waals surface area (Å²) in [4.78, 5) is 39.4. The van der Waals surface area contributed by atoms with Crippen molar-refractivity contribution in [2.75, 3.05) is 4.90 Å². The van der Waals surface area contributed by atoms with E-state index >= 15 is 0 Å². The lowest BCUT2D eigenvalue weighted by molar-refractivity contribution is -0.122. The van der Waals surface area contributed by atoms with Gasteiger partial charge in [-0.2, -0.15) is 0 Å². The summed E-state index contributed by atoms with van der Waals surface area (Å²) in [6, 6.07) is 14.5. The first-order chi connectivity index (χ1) is 15.2. The Labute approximate surface area is 194 Å². The standard InChI is InChI=1S/C25H22BrN3O3/c1-14-6-5-7-20(10-14)28-16(3)12-18(17(28)4)13-21-23(30)27-25(32)29(24(21)31)22-9-8-19(26)11-15(22)2/h5-13H,1-4H3,(H,27,30,32)/b21-13+. The number of carbonyl (C=O) groups excluding carboxylic acids is 3. The van der Waals surface area contributed by atoms with Gasteiger partial charge in [0.05, 0.1) is 5.69 Å². The highest BCUT2D eigenvalue weighted by atomic mass is 79.9. The second-order valence-electron chi connectivity index (χ2n) is 7.89. The summed E-state index contributed by atoms with van der Waals surface area (Å²) in [7, 11) is 0. The van der Waals surface area contributed by atoms with Gasteiger partial charge in [-0.15, -0.1) is 0 Å². The number of imide groups is 2. The summed E-state index contributed by atoms with van der Waals surface area (Å²) >= 11 is 3.39. The highest BCUT2D eigenvalue weighted by molar-refractivity contribution is 9.10. The van der Waals surface area contributed by atoms with Crippen LogP contribution in [0.1, 0.15) is 28.1 Å². The molecule has 1 aromatic heterocycles. The monoisotopic (exact) mass is 491 g/mol. The van der Waals surface area contributed by atoms with Gasteiger partial charge in [-0.05, 0) is 86.9 Å². The molecule has 3 aromatic rings. The quantitative estimate of drug-likeness (QED) is 0.407. The Morgan fingerprint density at radius 3 is 2.38 bits per heavy atom. The molecule has 1 aliphatic rings. The average molecular weight is 492 g/mol. The molecule has 0 saturated carbocycles. The normalized spacial score (nSPS) is 15.5. The van der Waals surface area contributed by atoms with E-state index < -0.39 is 17.8 Å². The molecular formula is C25H22BrN3O3. The van der Waals surface area contributed by atoms with Crippen molar-refractivity contribution >= 4 is 45.5 Å². The summed E-state index contributed by atoms with van der Waals surface area (Å²) in [5, 5.41) is 2.29. The Morgan fingerprint density at radius 1 is 0.938 bits per heavy atom. The van der Waals surface area contributed by atoms with Crippen molar-refractivity contribution in [3.8, 4) is 5.69 Å². The van der Waals surface area contributed by atoms with Gasteiger partial charge in [-0.3, -0.25) is 14.9 Å². The molecule has 0 bridgehead atoms. The SMILES string of the molecule is Cc1cccc(-n2c(C)cc(/C=C3\C(=O)NC(=O)N(c4ccc(Br)cc4C)C3=O)c2C)c1. The zero-order valence-corrected chi connectivity index (χ0v) is 19.8. The molecule has 162 valence electrons. The predicted octanol–water partition coefficient (Wildman–Crippen LogP) is 5.14. The fourth-order valence-corrected chi connectivity index (χ4v) is 4.48. The molecule has 0 unspecified atom stereocenters. The third-order valence-corrected chi connectivity index (χ3v) is 6.02. The Bertz CT molecular complexity index is 1320. The minimum atomic E-state index is -0.757. The lowest BCUT2D eigenvalue weighted by atomic mass is 10.1. The minimum Gasteiger partial charge on any atom is -0.318 e. The third-order valence-electron chi connectivity index (χ3n) is 5.53. The summed E-state index contributed by atoms with van der Waals surface area (Å²) < 4.78 is 2.91. The lowest BCUT2D eigenvalue weighted by Gasteiger charge is -2.27. The molecule has 4 amide bonds. The molecule has 6 nitrogen and oxygen atoms in total. The number of barbiturate groups is 1. The molecule has 1 aliphatic heterocycles. The number of aromatic nitrogens is 1. The van der Waals surface area contributed by atoms with Crippen LogP contribution in [0, 0.1) is 27.7 Å². The van der Waals surface area contributed by atoms with Crippen molar-refractivity contribution in [2.45, 2.75) is 27.7 Å². The number of amides is 4. The highest BCUT2D eigenvalue weighted by Crippen LogP contribution is 2.29. The van der Waals surface area contributed by atoms with Gasteiger partial charge < -0.3 is 4.57 Å². The summed E-state index contributed by atoms with van der Waals surface area (Å²) in [6.07, 6.45) is 1.56. The Balaban J connectivity index is 1.78. The molecule has 1 fully saturated rings.